The number of hydrogen-bond donors (Lipinski definition) is 1. The van der Waals surface area contributed by atoms with Gasteiger partial charge in [-0.05, 0) is 47.9 Å². The zero-order valence-electron chi connectivity index (χ0n) is 15.9. The molecule has 1 aliphatic rings. The Balaban J connectivity index is 1.37. The van der Waals surface area contributed by atoms with E-state index in [9.17, 15) is 9.59 Å². The Morgan fingerprint density at radius 3 is 2.28 bits per heavy atom. The van der Waals surface area contributed by atoms with Crippen molar-refractivity contribution in [1.29, 1.82) is 0 Å². The van der Waals surface area contributed by atoms with E-state index in [0.29, 0.717) is 24.5 Å². The highest BCUT2D eigenvalue weighted by molar-refractivity contribution is 7.10. The topological polar surface area (TPSA) is 58.6 Å². The summed E-state index contributed by atoms with van der Waals surface area (Å²) in [6, 6.07) is 15.3. The summed E-state index contributed by atoms with van der Waals surface area (Å²) in [5, 5.41) is 6.93. The molecule has 3 aromatic rings. The summed E-state index contributed by atoms with van der Waals surface area (Å²) in [6.45, 7) is 1.08. The fourth-order valence-electron chi connectivity index (χ4n) is 2.90. The van der Waals surface area contributed by atoms with Crippen molar-refractivity contribution >= 4 is 40.2 Å². The average Bonchev–Trinajstić information content (AvgIpc) is 3.21. The predicted octanol–water partition coefficient (Wildman–Crippen LogP) is 4.77. The Morgan fingerprint density at radius 1 is 1.00 bits per heavy atom. The molecule has 4 rings (SSSR count). The first-order valence-electron chi connectivity index (χ1n) is 9.53. The molecule has 1 fully saturated rings. The Morgan fingerprint density at radius 2 is 1.69 bits per heavy atom. The molecule has 150 valence electrons. The summed E-state index contributed by atoms with van der Waals surface area (Å²) < 4.78 is 5.75. The Kier molecular flexibility index (Phi) is 6.27. The molecule has 0 spiro atoms. The number of thiophene rings is 2. The molecule has 2 heterocycles. The standard InChI is InChI=1S/C22H22N2O3S2/c25-21(24(13-19-6-2-10-28-19)14-20-7-3-11-29-20)15-27-18-5-1-4-17(12-18)23-22(26)16-8-9-16/h1-7,10-12,16H,8-9,13-15H2,(H,23,26). The first kappa shape index (κ1) is 19.7. The number of amides is 2. The minimum absolute atomic E-state index is 0.0449. The van der Waals surface area contributed by atoms with Gasteiger partial charge in [-0.2, -0.15) is 0 Å². The van der Waals surface area contributed by atoms with Crippen LogP contribution in [-0.4, -0.2) is 23.3 Å². The number of nitrogens with one attached hydrogen (secondary N) is 1. The monoisotopic (exact) mass is 426 g/mol. The molecule has 5 nitrogen and oxygen atoms in total. The number of ether oxygens (including phenoxy) is 1. The van der Waals surface area contributed by atoms with Gasteiger partial charge in [-0.3, -0.25) is 9.59 Å². The lowest BCUT2D eigenvalue weighted by Gasteiger charge is -2.22. The molecule has 29 heavy (non-hydrogen) atoms. The van der Waals surface area contributed by atoms with Crippen molar-refractivity contribution in [2.75, 3.05) is 11.9 Å². The van der Waals surface area contributed by atoms with Gasteiger partial charge < -0.3 is 15.0 Å². The smallest absolute Gasteiger partial charge is 0.261 e. The molecule has 0 bridgehead atoms. The van der Waals surface area contributed by atoms with E-state index in [1.807, 2.05) is 52.1 Å². The van der Waals surface area contributed by atoms with Gasteiger partial charge in [0.1, 0.15) is 5.75 Å². The van der Waals surface area contributed by atoms with Gasteiger partial charge in [-0.15, -0.1) is 22.7 Å². The van der Waals surface area contributed by atoms with Crippen LogP contribution in [0.15, 0.2) is 59.3 Å². The van der Waals surface area contributed by atoms with Gasteiger partial charge in [-0.25, -0.2) is 0 Å². The highest BCUT2D eigenvalue weighted by Crippen LogP contribution is 2.30. The number of carbonyl (C=O) groups excluding carboxylic acids is 2. The van der Waals surface area contributed by atoms with Gasteiger partial charge in [0.2, 0.25) is 5.91 Å². The van der Waals surface area contributed by atoms with Gasteiger partial charge in [0, 0.05) is 27.4 Å². The molecule has 1 N–H and O–H groups in total. The van der Waals surface area contributed by atoms with E-state index in [4.69, 9.17) is 4.74 Å². The maximum atomic E-state index is 12.9. The Hall–Kier alpha value is -2.64. The van der Waals surface area contributed by atoms with E-state index in [2.05, 4.69) is 5.32 Å². The van der Waals surface area contributed by atoms with E-state index in [0.717, 1.165) is 22.6 Å². The zero-order valence-corrected chi connectivity index (χ0v) is 17.5. The molecular formula is C22H22N2O3S2. The van der Waals surface area contributed by atoms with Gasteiger partial charge in [0.25, 0.3) is 5.91 Å². The molecule has 0 radical (unpaired) electrons. The summed E-state index contributed by atoms with van der Waals surface area (Å²) >= 11 is 3.28. The first-order valence-corrected chi connectivity index (χ1v) is 11.3. The van der Waals surface area contributed by atoms with Crippen LogP contribution in [0.25, 0.3) is 0 Å². The van der Waals surface area contributed by atoms with Crippen LogP contribution >= 0.6 is 22.7 Å². The maximum Gasteiger partial charge on any atom is 0.261 e. The van der Waals surface area contributed by atoms with E-state index < -0.39 is 0 Å². The summed E-state index contributed by atoms with van der Waals surface area (Å²) in [5.74, 6) is 0.693. The fourth-order valence-corrected chi connectivity index (χ4v) is 4.34. The van der Waals surface area contributed by atoms with Gasteiger partial charge in [0.15, 0.2) is 6.61 Å². The highest BCUT2D eigenvalue weighted by atomic mass is 32.1. The fraction of sp³-hybridized carbons (Fsp3) is 0.273. The minimum Gasteiger partial charge on any atom is -0.484 e. The maximum absolute atomic E-state index is 12.9. The van der Waals surface area contributed by atoms with Crippen LogP contribution in [0.1, 0.15) is 22.6 Å². The third kappa shape index (κ3) is 5.68. The van der Waals surface area contributed by atoms with Crippen LogP contribution in [0.2, 0.25) is 0 Å². The molecule has 7 heteroatoms. The van der Waals surface area contributed by atoms with Crippen molar-refractivity contribution < 1.29 is 14.3 Å². The quantitative estimate of drug-likeness (QED) is 0.536. The van der Waals surface area contributed by atoms with Crippen LogP contribution in [0.5, 0.6) is 5.75 Å². The third-order valence-corrected chi connectivity index (χ3v) is 6.34. The number of rotatable bonds is 9. The molecule has 2 amide bonds. The SMILES string of the molecule is O=C(Nc1cccc(OCC(=O)N(Cc2cccs2)Cc2cccs2)c1)C1CC1. The van der Waals surface area contributed by atoms with Crippen LogP contribution in [0, 0.1) is 5.92 Å². The van der Waals surface area contributed by atoms with Crippen molar-refractivity contribution in [1.82, 2.24) is 4.90 Å². The lowest BCUT2D eigenvalue weighted by Crippen LogP contribution is -2.33. The largest absolute Gasteiger partial charge is 0.484 e. The number of hydrogen-bond acceptors (Lipinski definition) is 5. The van der Waals surface area contributed by atoms with Crippen LogP contribution in [-0.2, 0) is 22.7 Å². The van der Waals surface area contributed by atoms with Crippen molar-refractivity contribution in [3.63, 3.8) is 0 Å². The molecule has 0 unspecified atom stereocenters. The van der Waals surface area contributed by atoms with Gasteiger partial charge >= 0.3 is 0 Å². The molecule has 0 aliphatic heterocycles. The molecule has 1 aromatic carbocycles. The summed E-state index contributed by atoms with van der Waals surface area (Å²) in [5.41, 5.74) is 0.695. The normalized spacial score (nSPS) is 13.1. The number of anilines is 1. The van der Waals surface area contributed by atoms with E-state index in [1.54, 1.807) is 34.8 Å². The highest BCUT2D eigenvalue weighted by Gasteiger charge is 2.29. The molecule has 2 aromatic heterocycles. The van der Waals surface area contributed by atoms with Gasteiger partial charge in [0.05, 0.1) is 13.1 Å². The second-order valence-electron chi connectivity index (χ2n) is 6.99. The molecule has 1 saturated carbocycles. The summed E-state index contributed by atoms with van der Waals surface area (Å²) in [7, 11) is 0. The summed E-state index contributed by atoms with van der Waals surface area (Å²) in [6.07, 6.45) is 1.92. The van der Waals surface area contributed by atoms with Crippen LogP contribution < -0.4 is 10.1 Å². The van der Waals surface area contributed by atoms with Crippen molar-refractivity contribution in [2.24, 2.45) is 5.92 Å². The molecule has 0 atom stereocenters. The second kappa shape index (κ2) is 9.24. The van der Waals surface area contributed by atoms with E-state index in [-0.39, 0.29) is 24.3 Å². The van der Waals surface area contributed by atoms with Crippen LogP contribution in [0.4, 0.5) is 5.69 Å². The predicted molar refractivity (Wildman–Crippen MR) is 116 cm³/mol. The van der Waals surface area contributed by atoms with Crippen molar-refractivity contribution in [2.45, 2.75) is 25.9 Å². The lowest BCUT2D eigenvalue weighted by molar-refractivity contribution is -0.134. The number of benzene rings is 1. The van der Waals surface area contributed by atoms with Crippen molar-refractivity contribution in [3.05, 3.63) is 69.0 Å². The average molecular weight is 427 g/mol. The lowest BCUT2D eigenvalue weighted by atomic mass is 10.3. The second-order valence-corrected chi connectivity index (χ2v) is 9.05. The Labute approximate surface area is 177 Å². The third-order valence-electron chi connectivity index (χ3n) is 4.62. The molecule has 0 saturated heterocycles. The minimum atomic E-state index is -0.0702. The van der Waals surface area contributed by atoms with Crippen molar-refractivity contribution in [3.8, 4) is 5.75 Å². The first-order chi connectivity index (χ1) is 14.2. The summed E-state index contributed by atoms with van der Waals surface area (Å²) in [4.78, 5) is 28.9. The van der Waals surface area contributed by atoms with E-state index in [1.165, 1.54) is 0 Å². The Bertz CT molecular complexity index is 914. The number of carbonyl (C=O) groups is 2. The zero-order chi connectivity index (χ0) is 20.1. The molecular weight excluding hydrogens is 404 g/mol. The van der Waals surface area contributed by atoms with E-state index >= 15 is 0 Å². The van der Waals surface area contributed by atoms with Crippen LogP contribution in [0.3, 0.4) is 0 Å². The number of nitrogens with zero attached hydrogens (tertiary/aromatic N) is 1. The van der Waals surface area contributed by atoms with Gasteiger partial charge in [-0.1, -0.05) is 18.2 Å². The molecule has 1 aliphatic carbocycles.